The summed E-state index contributed by atoms with van der Waals surface area (Å²) in [5, 5.41) is 6.95. The number of aromatic nitrogens is 2. The summed E-state index contributed by atoms with van der Waals surface area (Å²) in [6.07, 6.45) is 7.66. The number of carbonyl (C=O) groups is 1. The fourth-order valence-electron chi connectivity index (χ4n) is 1.83. The molecule has 1 heterocycles. The van der Waals surface area contributed by atoms with Gasteiger partial charge in [0, 0.05) is 11.1 Å². The van der Waals surface area contributed by atoms with Gasteiger partial charge in [-0.15, -0.1) is 0 Å². The van der Waals surface area contributed by atoms with Crippen LogP contribution in [0, 0.1) is 5.82 Å². The Hall–Kier alpha value is -3.01. The van der Waals surface area contributed by atoms with Crippen LogP contribution in [0.5, 0.6) is 0 Å². The molecule has 22 heavy (non-hydrogen) atoms. The number of carbonyl (C=O) groups excluding carboxylic acids is 1. The highest BCUT2D eigenvalue weighted by Crippen LogP contribution is 2.18. The molecule has 2 aromatic rings. The molecule has 0 saturated heterocycles. The van der Waals surface area contributed by atoms with E-state index < -0.39 is 0 Å². The molecule has 0 spiro atoms. The predicted octanol–water partition coefficient (Wildman–Crippen LogP) is 4.10. The minimum atomic E-state index is -0.295. The summed E-state index contributed by atoms with van der Waals surface area (Å²) in [4.78, 5) is 11.9. The van der Waals surface area contributed by atoms with Gasteiger partial charge in [0.15, 0.2) is 5.78 Å². The zero-order valence-corrected chi connectivity index (χ0v) is 11.9. The maximum atomic E-state index is 12.9. The molecule has 0 aliphatic carbocycles. The molecule has 4 heteroatoms. The Morgan fingerprint density at radius 2 is 1.95 bits per heavy atom. The minimum absolute atomic E-state index is 0.173. The smallest absolute Gasteiger partial charge is 0.185 e. The van der Waals surface area contributed by atoms with Gasteiger partial charge in [-0.2, -0.15) is 5.10 Å². The van der Waals surface area contributed by atoms with Crippen molar-refractivity contribution >= 4 is 11.9 Å². The van der Waals surface area contributed by atoms with Gasteiger partial charge in [-0.3, -0.25) is 9.89 Å². The molecule has 110 valence electrons. The fraction of sp³-hybridized carbons (Fsp3) is 0. The van der Waals surface area contributed by atoms with Crippen molar-refractivity contribution in [3.8, 4) is 11.3 Å². The SMILES string of the molecule is C=C/C=C(\C=C)C(=O)/C=C/c1cc(-c2ccc(F)cc2)n[nH]1. The molecular weight excluding hydrogens is 279 g/mol. The van der Waals surface area contributed by atoms with Crippen LogP contribution in [-0.4, -0.2) is 16.0 Å². The molecule has 1 aromatic heterocycles. The normalized spacial score (nSPS) is 11.6. The molecule has 0 amide bonds. The lowest BCUT2D eigenvalue weighted by atomic mass is 10.1. The van der Waals surface area contributed by atoms with Crippen LogP contribution in [0.15, 0.2) is 73.4 Å². The minimum Gasteiger partial charge on any atom is -0.289 e. The molecule has 0 radical (unpaired) electrons. The third-order valence-electron chi connectivity index (χ3n) is 2.95. The second-order valence-electron chi connectivity index (χ2n) is 4.47. The Labute approximate surface area is 128 Å². The van der Waals surface area contributed by atoms with E-state index in [0.717, 1.165) is 5.56 Å². The Balaban J connectivity index is 2.15. The summed E-state index contributed by atoms with van der Waals surface area (Å²) in [5.74, 6) is -0.469. The molecular formula is C18H15FN2O. The van der Waals surface area contributed by atoms with E-state index in [2.05, 4.69) is 23.4 Å². The van der Waals surface area contributed by atoms with Gasteiger partial charge in [0.2, 0.25) is 0 Å². The van der Waals surface area contributed by atoms with Crippen LogP contribution >= 0.6 is 0 Å². The number of rotatable bonds is 6. The van der Waals surface area contributed by atoms with Crippen LogP contribution < -0.4 is 0 Å². The second kappa shape index (κ2) is 7.13. The predicted molar refractivity (Wildman–Crippen MR) is 86.5 cm³/mol. The van der Waals surface area contributed by atoms with Gasteiger partial charge < -0.3 is 0 Å². The highest BCUT2D eigenvalue weighted by molar-refractivity contribution is 6.08. The number of halogens is 1. The lowest BCUT2D eigenvalue weighted by molar-refractivity contribution is -0.111. The van der Waals surface area contributed by atoms with Crippen LogP contribution in [0.25, 0.3) is 17.3 Å². The molecule has 3 nitrogen and oxygen atoms in total. The quantitative estimate of drug-likeness (QED) is 0.644. The first-order valence-corrected chi connectivity index (χ1v) is 6.63. The number of aromatic amines is 1. The third kappa shape index (κ3) is 3.76. The van der Waals surface area contributed by atoms with Crippen molar-refractivity contribution in [2.24, 2.45) is 0 Å². The Kier molecular flexibility index (Phi) is 4.98. The first-order valence-electron chi connectivity index (χ1n) is 6.63. The Morgan fingerprint density at radius 1 is 1.23 bits per heavy atom. The van der Waals surface area contributed by atoms with E-state index in [9.17, 15) is 9.18 Å². The zero-order chi connectivity index (χ0) is 15.9. The molecule has 1 N–H and O–H groups in total. The van der Waals surface area contributed by atoms with Gasteiger partial charge in [0.25, 0.3) is 0 Å². The summed E-state index contributed by atoms with van der Waals surface area (Å²) in [6, 6.07) is 7.82. The molecule has 0 saturated carbocycles. The second-order valence-corrected chi connectivity index (χ2v) is 4.47. The summed E-state index contributed by atoms with van der Waals surface area (Å²) in [5.41, 5.74) is 2.61. The van der Waals surface area contributed by atoms with Crippen LogP contribution in [0.4, 0.5) is 4.39 Å². The molecule has 0 fully saturated rings. The topological polar surface area (TPSA) is 45.8 Å². The summed E-state index contributed by atoms with van der Waals surface area (Å²) in [6.45, 7) is 7.13. The molecule has 0 atom stereocenters. The highest BCUT2D eigenvalue weighted by atomic mass is 19.1. The van der Waals surface area contributed by atoms with Gasteiger partial charge in [-0.05, 0) is 42.5 Å². The van der Waals surface area contributed by atoms with Crippen molar-refractivity contribution < 1.29 is 9.18 Å². The van der Waals surface area contributed by atoms with E-state index in [4.69, 9.17) is 0 Å². The largest absolute Gasteiger partial charge is 0.289 e. The average molecular weight is 294 g/mol. The Morgan fingerprint density at radius 3 is 2.59 bits per heavy atom. The lowest BCUT2D eigenvalue weighted by Gasteiger charge is -1.94. The first-order chi connectivity index (χ1) is 10.6. The van der Waals surface area contributed by atoms with Gasteiger partial charge in [-0.25, -0.2) is 4.39 Å². The first kappa shape index (κ1) is 15.4. The average Bonchev–Trinajstić information content (AvgIpc) is 3.00. The monoisotopic (exact) mass is 294 g/mol. The zero-order valence-electron chi connectivity index (χ0n) is 11.9. The number of allylic oxidation sites excluding steroid dienone is 5. The number of benzene rings is 1. The summed E-state index contributed by atoms with van der Waals surface area (Å²) in [7, 11) is 0. The number of nitrogens with zero attached hydrogens (tertiary/aromatic N) is 1. The van der Waals surface area contributed by atoms with E-state index in [1.165, 1.54) is 30.4 Å². The van der Waals surface area contributed by atoms with Crippen molar-refractivity contribution in [3.63, 3.8) is 0 Å². The summed E-state index contributed by atoms with van der Waals surface area (Å²) >= 11 is 0. The third-order valence-corrected chi connectivity index (χ3v) is 2.95. The molecule has 2 rings (SSSR count). The van der Waals surface area contributed by atoms with Crippen LogP contribution in [0.3, 0.4) is 0 Å². The van der Waals surface area contributed by atoms with Crippen molar-refractivity contribution in [3.05, 3.63) is 84.9 Å². The van der Waals surface area contributed by atoms with E-state index >= 15 is 0 Å². The van der Waals surface area contributed by atoms with Gasteiger partial charge in [-0.1, -0.05) is 31.4 Å². The fourth-order valence-corrected chi connectivity index (χ4v) is 1.83. The highest BCUT2D eigenvalue weighted by Gasteiger charge is 2.04. The van der Waals surface area contributed by atoms with Gasteiger partial charge in [0.05, 0.1) is 11.4 Å². The van der Waals surface area contributed by atoms with Gasteiger partial charge >= 0.3 is 0 Å². The number of H-pyrrole nitrogens is 1. The molecule has 0 aliphatic rings. The van der Waals surface area contributed by atoms with Crippen LogP contribution in [0.1, 0.15) is 5.69 Å². The maximum Gasteiger partial charge on any atom is 0.185 e. The maximum absolute atomic E-state index is 12.9. The molecule has 0 unspecified atom stereocenters. The summed E-state index contributed by atoms with van der Waals surface area (Å²) < 4.78 is 12.9. The van der Waals surface area contributed by atoms with Gasteiger partial charge in [0.1, 0.15) is 5.82 Å². The van der Waals surface area contributed by atoms with E-state index in [-0.39, 0.29) is 11.6 Å². The van der Waals surface area contributed by atoms with E-state index in [1.54, 1.807) is 30.4 Å². The lowest BCUT2D eigenvalue weighted by Crippen LogP contribution is -1.94. The Bertz CT molecular complexity index is 752. The molecule has 1 aromatic carbocycles. The number of nitrogens with one attached hydrogen (secondary N) is 1. The van der Waals surface area contributed by atoms with Crippen molar-refractivity contribution in [1.29, 1.82) is 0 Å². The molecule has 0 bridgehead atoms. The van der Waals surface area contributed by atoms with Crippen LogP contribution in [-0.2, 0) is 4.79 Å². The van der Waals surface area contributed by atoms with Crippen molar-refractivity contribution in [1.82, 2.24) is 10.2 Å². The van der Waals surface area contributed by atoms with Crippen LogP contribution in [0.2, 0.25) is 0 Å². The van der Waals surface area contributed by atoms with Crippen molar-refractivity contribution in [2.75, 3.05) is 0 Å². The molecule has 0 aliphatic heterocycles. The van der Waals surface area contributed by atoms with E-state index in [1.807, 2.05) is 0 Å². The van der Waals surface area contributed by atoms with E-state index in [0.29, 0.717) is 17.0 Å². The standard InChI is InChI=1S/C18H15FN2O/c1-3-5-13(4-2)18(22)11-10-16-12-17(21-20-16)14-6-8-15(19)9-7-14/h3-12H,1-2H2,(H,20,21)/b11-10+,13-5+. The number of hydrogen-bond acceptors (Lipinski definition) is 2. The number of ketones is 1. The number of hydrogen-bond donors (Lipinski definition) is 1. The van der Waals surface area contributed by atoms with Crippen molar-refractivity contribution in [2.45, 2.75) is 0 Å².